The molecule has 1 fully saturated rings. The predicted octanol–water partition coefficient (Wildman–Crippen LogP) is 0.894. The van der Waals surface area contributed by atoms with Crippen LogP contribution >= 0.6 is 0 Å². The molecular formula is C23H33N7O3. The number of hydrogen-bond acceptors (Lipinski definition) is 8. The quantitative estimate of drug-likeness (QED) is 0.429. The van der Waals surface area contributed by atoms with Crippen LogP contribution < -0.4 is 16.0 Å². The van der Waals surface area contributed by atoms with Crippen molar-refractivity contribution < 1.29 is 14.3 Å². The first kappa shape index (κ1) is 24.6. The molecule has 2 heterocycles. The summed E-state index contributed by atoms with van der Waals surface area (Å²) in [5.41, 5.74) is 0.852. The molecule has 1 aromatic heterocycles. The van der Waals surface area contributed by atoms with Gasteiger partial charge in [0.1, 0.15) is 11.6 Å². The normalized spacial score (nSPS) is 14.6. The first-order valence-electron chi connectivity index (χ1n) is 11.2. The Morgan fingerprint density at radius 2 is 1.70 bits per heavy atom. The molecule has 2 aromatic rings. The van der Waals surface area contributed by atoms with Gasteiger partial charge in [-0.05, 0) is 0 Å². The van der Waals surface area contributed by atoms with Crippen LogP contribution in [0.4, 0.5) is 11.6 Å². The van der Waals surface area contributed by atoms with Gasteiger partial charge in [0.25, 0.3) is 0 Å². The van der Waals surface area contributed by atoms with Gasteiger partial charge in [0.2, 0.25) is 11.8 Å². The summed E-state index contributed by atoms with van der Waals surface area (Å²) in [5, 5.41) is 8.84. The summed E-state index contributed by atoms with van der Waals surface area (Å²) in [4.78, 5) is 37.4. The number of nitrogens with zero attached hydrogens (tertiary/aromatic N) is 4. The Kier molecular flexibility index (Phi) is 9.55. The van der Waals surface area contributed by atoms with Crippen LogP contribution in [0.25, 0.3) is 11.4 Å². The summed E-state index contributed by atoms with van der Waals surface area (Å²) in [6.07, 6.45) is 0. The Balaban J connectivity index is 1.61. The zero-order valence-electron chi connectivity index (χ0n) is 19.3. The van der Waals surface area contributed by atoms with Crippen LogP contribution in [0.2, 0.25) is 0 Å². The van der Waals surface area contributed by atoms with Crippen molar-refractivity contribution in [3.05, 3.63) is 36.4 Å². The molecule has 0 saturated carbocycles. The largest absolute Gasteiger partial charge is 0.383 e. The Hall–Kier alpha value is -3.08. The van der Waals surface area contributed by atoms with Gasteiger partial charge < -0.3 is 20.7 Å². The van der Waals surface area contributed by atoms with Crippen molar-refractivity contribution in [2.75, 3.05) is 76.7 Å². The molecule has 10 heteroatoms. The maximum absolute atomic E-state index is 12.7. The Labute approximate surface area is 194 Å². The van der Waals surface area contributed by atoms with E-state index < -0.39 is 0 Å². The predicted molar refractivity (Wildman–Crippen MR) is 128 cm³/mol. The average Bonchev–Trinajstić information content (AvgIpc) is 2.81. The van der Waals surface area contributed by atoms with Crippen LogP contribution in [0.5, 0.6) is 0 Å². The molecule has 0 atom stereocenters. The maximum atomic E-state index is 12.7. The number of benzene rings is 1. The number of carbonyl (C=O) groups is 2. The molecule has 2 amide bonds. The third kappa shape index (κ3) is 8.41. The smallest absolute Gasteiger partial charge is 0.239 e. The van der Waals surface area contributed by atoms with Crippen molar-refractivity contribution in [1.29, 1.82) is 0 Å². The van der Waals surface area contributed by atoms with Crippen molar-refractivity contribution in [3.63, 3.8) is 0 Å². The highest BCUT2D eigenvalue weighted by molar-refractivity contribution is 5.92. The number of methoxy groups -OCH3 is 1. The highest BCUT2D eigenvalue weighted by Crippen LogP contribution is 2.20. The van der Waals surface area contributed by atoms with E-state index >= 15 is 0 Å². The van der Waals surface area contributed by atoms with Crippen LogP contribution in [0.3, 0.4) is 0 Å². The van der Waals surface area contributed by atoms with E-state index in [0.29, 0.717) is 37.1 Å². The summed E-state index contributed by atoms with van der Waals surface area (Å²) in [6, 6.07) is 11.3. The van der Waals surface area contributed by atoms with Crippen molar-refractivity contribution in [3.8, 4) is 11.4 Å². The van der Waals surface area contributed by atoms with Crippen molar-refractivity contribution in [2.45, 2.75) is 6.92 Å². The van der Waals surface area contributed by atoms with Crippen LogP contribution in [-0.2, 0) is 14.3 Å². The number of amides is 2. The monoisotopic (exact) mass is 455 g/mol. The third-order valence-electron chi connectivity index (χ3n) is 5.27. The molecule has 0 bridgehead atoms. The van der Waals surface area contributed by atoms with Gasteiger partial charge >= 0.3 is 0 Å². The van der Waals surface area contributed by atoms with E-state index in [1.807, 2.05) is 30.3 Å². The van der Waals surface area contributed by atoms with E-state index in [0.717, 1.165) is 44.9 Å². The minimum atomic E-state index is -0.109. The van der Waals surface area contributed by atoms with Gasteiger partial charge in [0.15, 0.2) is 5.82 Å². The number of anilines is 2. The fourth-order valence-corrected chi connectivity index (χ4v) is 3.52. The number of carbonyl (C=O) groups excluding carboxylic acids is 2. The van der Waals surface area contributed by atoms with E-state index in [1.54, 1.807) is 13.2 Å². The van der Waals surface area contributed by atoms with Crippen LogP contribution in [0.15, 0.2) is 36.4 Å². The standard InChI is InChI=1S/C23H33N7O3/c1-18(31)24-8-9-25-20-16-21(28-23(27-20)19-6-4-3-5-7-19)26-22(32)17-30-12-10-29(11-13-30)14-15-33-2/h3-7,16H,8-15,17H2,1-2H3,(H,24,31)(H2,25,26,27,28,32). The highest BCUT2D eigenvalue weighted by Gasteiger charge is 2.19. The average molecular weight is 456 g/mol. The number of ether oxygens (including phenoxy) is 1. The molecule has 0 spiro atoms. The molecule has 0 unspecified atom stereocenters. The fraction of sp³-hybridized carbons (Fsp3) is 0.478. The number of nitrogens with one attached hydrogen (secondary N) is 3. The summed E-state index contributed by atoms with van der Waals surface area (Å²) < 4.78 is 5.14. The number of aromatic nitrogens is 2. The van der Waals surface area contributed by atoms with Gasteiger partial charge in [0, 0.05) is 71.5 Å². The molecule has 1 aliphatic rings. The molecule has 3 rings (SSSR count). The van der Waals surface area contributed by atoms with E-state index in [2.05, 4.69) is 35.7 Å². The minimum Gasteiger partial charge on any atom is -0.383 e. The lowest BCUT2D eigenvalue weighted by molar-refractivity contribution is -0.119. The van der Waals surface area contributed by atoms with Gasteiger partial charge in [-0.2, -0.15) is 0 Å². The third-order valence-corrected chi connectivity index (χ3v) is 5.27. The maximum Gasteiger partial charge on any atom is 0.239 e. The second-order valence-electron chi connectivity index (χ2n) is 7.90. The lowest BCUT2D eigenvalue weighted by atomic mass is 10.2. The van der Waals surface area contributed by atoms with Crippen molar-refractivity contribution in [1.82, 2.24) is 25.1 Å². The molecule has 3 N–H and O–H groups in total. The molecule has 33 heavy (non-hydrogen) atoms. The van der Waals surface area contributed by atoms with E-state index in [9.17, 15) is 9.59 Å². The van der Waals surface area contributed by atoms with Crippen LogP contribution in [0, 0.1) is 0 Å². The van der Waals surface area contributed by atoms with E-state index in [1.165, 1.54) is 6.92 Å². The molecule has 178 valence electrons. The molecule has 1 aromatic carbocycles. The molecule has 0 aliphatic carbocycles. The topological polar surface area (TPSA) is 112 Å². The molecule has 1 saturated heterocycles. The van der Waals surface area contributed by atoms with Gasteiger partial charge in [-0.1, -0.05) is 30.3 Å². The van der Waals surface area contributed by atoms with Crippen molar-refractivity contribution in [2.24, 2.45) is 0 Å². The number of rotatable bonds is 11. The zero-order chi connectivity index (χ0) is 23.5. The highest BCUT2D eigenvalue weighted by atomic mass is 16.5. The van der Waals surface area contributed by atoms with Crippen LogP contribution in [-0.4, -0.2) is 97.7 Å². The molecule has 10 nitrogen and oxygen atoms in total. The SMILES string of the molecule is COCCN1CCN(CC(=O)Nc2cc(NCCNC(C)=O)nc(-c3ccccc3)n2)CC1. The lowest BCUT2D eigenvalue weighted by Crippen LogP contribution is -2.49. The Bertz CT molecular complexity index is 902. The van der Waals surface area contributed by atoms with Gasteiger partial charge in [0.05, 0.1) is 13.2 Å². The number of piperazine rings is 1. The van der Waals surface area contributed by atoms with E-state index in [4.69, 9.17) is 4.74 Å². The Morgan fingerprint density at radius 1 is 1.00 bits per heavy atom. The van der Waals surface area contributed by atoms with Gasteiger partial charge in [-0.15, -0.1) is 0 Å². The second kappa shape index (κ2) is 12.8. The molecule has 0 radical (unpaired) electrons. The Morgan fingerprint density at radius 3 is 2.39 bits per heavy atom. The lowest BCUT2D eigenvalue weighted by Gasteiger charge is -2.34. The zero-order valence-corrected chi connectivity index (χ0v) is 19.3. The fourth-order valence-electron chi connectivity index (χ4n) is 3.52. The number of hydrogen-bond donors (Lipinski definition) is 3. The first-order valence-corrected chi connectivity index (χ1v) is 11.2. The minimum absolute atomic E-state index is 0.0862. The molecule has 1 aliphatic heterocycles. The second-order valence-corrected chi connectivity index (χ2v) is 7.90. The summed E-state index contributed by atoms with van der Waals surface area (Å²) in [7, 11) is 1.71. The summed E-state index contributed by atoms with van der Waals surface area (Å²) >= 11 is 0. The summed E-state index contributed by atoms with van der Waals surface area (Å²) in [6.45, 7) is 7.92. The van der Waals surface area contributed by atoms with Crippen molar-refractivity contribution >= 4 is 23.5 Å². The first-order chi connectivity index (χ1) is 16.0. The van der Waals surface area contributed by atoms with Gasteiger partial charge in [-0.25, -0.2) is 9.97 Å². The molecular weight excluding hydrogens is 422 g/mol. The van der Waals surface area contributed by atoms with E-state index in [-0.39, 0.29) is 11.8 Å². The van der Waals surface area contributed by atoms with Gasteiger partial charge in [-0.3, -0.25) is 19.4 Å². The summed E-state index contributed by atoms with van der Waals surface area (Å²) in [5.74, 6) is 1.34. The van der Waals surface area contributed by atoms with Crippen LogP contribution in [0.1, 0.15) is 6.92 Å².